The summed E-state index contributed by atoms with van der Waals surface area (Å²) in [5, 5.41) is 20.3. The van der Waals surface area contributed by atoms with Gasteiger partial charge in [-0.3, -0.25) is 0 Å². The van der Waals surface area contributed by atoms with Crippen molar-refractivity contribution in [3.05, 3.63) is 36.0 Å². The molecule has 20 heavy (non-hydrogen) atoms. The highest BCUT2D eigenvalue weighted by atomic mass is 16.5. The average molecular weight is 269 g/mol. The third kappa shape index (κ3) is 3.74. The van der Waals surface area contributed by atoms with Gasteiger partial charge in [-0.15, -0.1) is 0 Å². The van der Waals surface area contributed by atoms with Crippen LogP contribution in [0.5, 0.6) is 5.75 Å². The van der Waals surface area contributed by atoms with E-state index in [2.05, 4.69) is 5.32 Å². The molecule has 0 aliphatic carbocycles. The van der Waals surface area contributed by atoms with Crippen molar-refractivity contribution in [3.63, 3.8) is 0 Å². The highest BCUT2D eigenvalue weighted by Crippen LogP contribution is 2.25. The molecular weight excluding hydrogens is 254 g/mol. The minimum Gasteiger partial charge on any atom is -0.489 e. The molecule has 1 unspecified atom stereocenters. The molecule has 1 saturated heterocycles. The number of nitrogens with zero attached hydrogens (tertiary/aromatic N) is 2. The number of nitriles is 2. The lowest BCUT2D eigenvalue weighted by atomic mass is 10.2. The Kier molecular flexibility index (Phi) is 5.00. The number of para-hydroxylation sites is 2. The predicted molar refractivity (Wildman–Crippen MR) is 73.8 cm³/mol. The number of hydrogen-bond donors (Lipinski definition) is 1. The summed E-state index contributed by atoms with van der Waals surface area (Å²) in [6, 6.07) is 11.0. The van der Waals surface area contributed by atoms with Crippen LogP contribution in [-0.4, -0.2) is 19.3 Å². The Hall–Kier alpha value is -2.50. The monoisotopic (exact) mass is 269 g/mol. The van der Waals surface area contributed by atoms with Gasteiger partial charge >= 0.3 is 0 Å². The summed E-state index contributed by atoms with van der Waals surface area (Å²) in [4.78, 5) is 0. The molecule has 5 heteroatoms. The molecule has 0 saturated carbocycles. The van der Waals surface area contributed by atoms with E-state index in [-0.39, 0.29) is 11.7 Å². The van der Waals surface area contributed by atoms with E-state index in [4.69, 9.17) is 20.0 Å². The van der Waals surface area contributed by atoms with E-state index in [1.54, 1.807) is 12.1 Å². The van der Waals surface area contributed by atoms with Crippen LogP contribution in [0.25, 0.3) is 0 Å². The normalized spacial score (nSPS) is 16.8. The molecule has 1 aromatic rings. The lowest BCUT2D eigenvalue weighted by Crippen LogP contribution is -2.16. The Morgan fingerprint density at radius 2 is 2.20 bits per heavy atom. The number of benzene rings is 1. The SMILES string of the molecule is N#CC(C#N)=CNc1ccccc1OCC1CCCO1. The van der Waals surface area contributed by atoms with Gasteiger partial charge in [0, 0.05) is 12.8 Å². The van der Waals surface area contributed by atoms with Crippen molar-refractivity contribution in [2.45, 2.75) is 18.9 Å². The van der Waals surface area contributed by atoms with Gasteiger partial charge in [0.15, 0.2) is 0 Å². The quantitative estimate of drug-likeness (QED) is 0.831. The van der Waals surface area contributed by atoms with E-state index in [1.165, 1.54) is 6.20 Å². The fourth-order valence-corrected chi connectivity index (χ4v) is 1.91. The van der Waals surface area contributed by atoms with Crippen LogP contribution < -0.4 is 10.1 Å². The van der Waals surface area contributed by atoms with E-state index < -0.39 is 0 Å². The fraction of sp³-hybridized carbons (Fsp3) is 0.333. The summed E-state index contributed by atoms with van der Waals surface area (Å²) in [5.41, 5.74) is 0.729. The Morgan fingerprint density at radius 1 is 1.40 bits per heavy atom. The number of anilines is 1. The molecule has 1 heterocycles. The summed E-state index contributed by atoms with van der Waals surface area (Å²) >= 11 is 0. The van der Waals surface area contributed by atoms with Crippen LogP contribution in [0.1, 0.15) is 12.8 Å². The molecule has 0 aromatic heterocycles. The van der Waals surface area contributed by atoms with Gasteiger partial charge in [-0.1, -0.05) is 12.1 Å². The smallest absolute Gasteiger partial charge is 0.145 e. The summed E-state index contributed by atoms with van der Waals surface area (Å²) in [6.07, 6.45) is 3.61. The molecule has 1 N–H and O–H groups in total. The molecule has 1 atom stereocenters. The second-order valence-corrected chi connectivity index (χ2v) is 4.37. The molecule has 0 bridgehead atoms. The Balaban J connectivity index is 2.00. The Labute approximate surface area is 118 Å². The van der Waals surface area contributed by atoms with E-state index in [0.717, 1.165) is 19.4 Å². The molecule has 2 rings (SSSR count). The van der Waals surface area contributed by atoms with Crippen LogP contribution in [0.3, 0.4) is 0 Å². The van der Waals surface area contributed by atoms with Crippen molar-refractivity contribution in [1.82, 2.24) is 0 Å². The maximum atomic E-state index is 8.69. The largest absolute Gasteiger partial charge is 0.489 e. The standard InChI is InChI=1S/C15H15N3O2/c16-8-12(9-17)10-18-14-5-1-2-6-15(14)20-11-13-4-3-7-19-13/h1-2,5-6,10,13,18H,3-4,7,11H2. The minimum atomic E-state index is 0.0129. The number of allylic oxidation sites excluding steroid dienone is 1. The van der Waals surface area contributed by atoms with Crippen molar-refractivity contribution in [2.24, 2.45) is 0 Å². The molecule has 1 fully saturated rings. The Morgan fingerprint density at radius 3 is 2.90 bits per heavy atom. The van der Waals surface area contributed by atoms with Crippen LogP contribution in [0.2, 0.25) is 0 Å². The molecule has 1 aliphatic heterocycles. The molecule has 0 spiro atoms. The maximum absolute atomic E-state index is 8.69. The summed E-state index contributed by atoms with van der Waals surface area (Å²) in [7, 11) is 0. The van der Waals surface area contributed by atoms with E-state index >= 15 is 0 Å². The first kappa shape index (κ1) is 13.9. The van der Waals surface area contributed by atoms with Crippen molar-refractivity contribution in [1.29, 1.82) is 10.5 Å². The van der Waals surface area contributed by atoms with Crippen molar-refractivity contribution >= 4 is 5.69 Å². The lowest BCUT2D eigenvalue weighted by Gasteiger charge is -2.14. The zero-order valence-corrected chi connectivity index (χ0v) is 11.0. The van der Waals surface area contributed by atoms with E-state index in [0.29, 0.717) is 18.0 Å². The molecule has 0 amide bonds. The van der Waals surface area contributed by atoms with Gasteiger partial charge in [0.05, 0.1) is 11.8 Å². The van der Waals surface area contributed by atoms with Gasteiger partial charge in [-0.05, 0) is 25.0 Å². The number of nitrogens with one attached hydrogen (secondary N) is 1. The molecule has 0 radical (unpaired) electrons. The fourth-order valence-electron chi connectivity index (χ4n) is 1.91. The van der Waals surface area contributed by atoms with Gasteiger partial charge in [0.2, 0.25) is 0 Å². The molecular formula is C15H15N3O2. The zero-order valence-electron chi connectivity index (χ0n) is 11.0. The zero-order chi connectivity index (χ0) is 14.2. The maximum Gasteiger partial charge on any atom is 0.145 e. The van der Waals surface area contributed by atoms with Crippen LogP contribution >= 0.6 is 0 Å². The van der Waals surface area contributed by atoms with Crippen LogP contribution in [0, 0.1) is 22.7 Å². The first-order valence-electron chi connectivity index (χ1n) is 6.44. The topological polar surface area (TPSA) is 78.1 Å². The molecule has 102 valence electrons. The van der Waals surface area contributed by atoms with Crippen molar-refractivity contribution in [3.8, 4) is 17.9 Å². The van der Waals surface area contributed by atoms with Gasteiger partial charge in [-0.25, -0.2) is 0 Å². The average Bonchev–Trinajstić information content (AvgIpc) is 3.00. The second-order valence-electron chi connectivity index (χ2n) is 4.37. The predicted octanol–water partition coefficient (Wildman–Crippen LogP) is 2.59. The third-order valence-corrected chi connectivity index (χ3v) is 2.95. The van der Waals surface area contributed by atoms with E-state index in [1.807, 2.05) is 24.3 Å². The lowest BCUT2D eigenvalue weighted by molar-refractivity contribution is 0.0682. The second kappa shape index (κ2) is 7.18. The Bertz CT molecular complexity index is 547. The first-order valence-corrected chi connectivity index (χ1v) is 6.44. The van der Waals surface area contributed by atoms with Gasteiger partial charge in [0.1, 0.15) is 30.1 Å². The molecule has 5 nitrogen and oxygen atoms in total. The van der Waals surface area contributed by atoms with Gasteiger partial charge in [-0.2, -0.15) is 10.5 Å². The van der Waals surface area contributed by atoms with Gasteiger partial charge < -0.3 is 14.8 Å². The number of ether oxygens (including phenoxy) is 2. The van der Waals surface area contributed by atoms with Crippen LogP contribution in [0.15, 0.2) is 36.0 Å². The van der Waals surface area contributed by atoms with Gasteiger partial charge in [0.25, 0.3) is 0 Å². The molecule has 1 aliphatic rings. The van der Waals surface area contributed by atoms with Crippen molar-refractivity contribution in [2.75, 3.05) is 18.5 Å². The minimum absolute atomic E-state index is 0.0129. The van der Waals surface area contributed by atoms with Crippen LogP contribution in [0.4, 0.5) is 5.69 Å². The van der Waals surface area contributed by atoms with Crippen molar-refractivity contribution < 1.29 is 9.47 Å². The third-order valence-electron chi connectivity index (χ3n) is 2.95. The highest BCUT2D eigenvalue weighted by Gasteiger charge is 2.16. The molecule has 1 aromatic carbocycles. The highest BCUT2D eigenvalue weighted by molar-refractivity contribution is 5.59. The number of rotatable bonds is 5. The summed E-state index contributed by atoms with van der Waals surface area (Å²) in [6.45, 7) is 1.30. The summed E-state index contributed by atoms with van der Waals surface area (Å²) < 4.78 is 11.2. The summed E-state index contributed by atoms with van der Waals surface area (Å²) in [5.74, 6) is 0.675. The number of hydrogen-bond acceptors (Lipinski definition) is 5. The van der Waals surface area contributed by atoms with E-state index in [9.17, 15) is 0 Å². The van der Waals surface area contributed by atoms with Crippen LogP contribution in [-0.2, 0) is 4.74 Å². The first-order chi connectivity index (χ1) is 9.83.